The lowest BCUT2D eigenvalue weighted by atomic mass is 9.75. The van der Waals surface area contributed by atoms with Gasteiger partial charge in [-0.3, -0.25) is 0 Å². The van der Waals surface area contributed by atoms with E-state index in [0.29, 0.717) is 5.92 Å². The molecule has 1 aromatic rings. The number of carbonyl (C=O) groups is 1. The van der Waals surface area contributed by atoms with E-state index < -0.39 is 0 Å². The third-order valence-electron chi connectivity index (χ3n) is 4.96. The van der Waals surface area contributed by atoms with Crippen LogP contribution < -0.4 is 0 Å². The molecular weight excluding hydrogens is 208 g/mol. The summed E-state index contributed by atoms with van der Waals surface area (Å²) in [6, 6.07) is 10.8. The van der Waals surface area contributed by atoms with Crippen LogP contribution in [0.15, 0.2) is 30.3 Å². The first-order valence-electron chi connectivity index (χ1n) is 6.86. The van der Waals surface area contributed by atoms with Gasteiger partial charge in [-0.15, -0.1) is 0 Å². The molecule has 0 heterocycles. The number of carbonyl (C=O) groups excluding carboxylic acids is 1. The molecule has 2 fully saturated rings. The van der Waals surface area contributed by atoms with Crippen molar-refractivity contribution in [2.24, 2.45) is 23.7 Å². The largest absolute Gasteiger partial charge is 0.303 e. The lowest BCUT2D eigenvalue weighted by Crippen LogP contribution is -2.24. The van der Waals surface area contributed by atoms with Gasteiger partial charge in [-0.05, 0) is 54.9 Å². The molecule has 4 atom stereocenters. The van der Waals surface area contributed by atoms with E-state index in [-0.39, 0.29) is 0 Å². The van der Waals surface area contributed by atoms with Crippen molar-refractivity contribution >= 4 is 6.29 Å². The monoisotopic (exact) mass is 228 g/mol. The molecule has 1 aromatic carbocycles. The zero-order valence-corrected chi connectivity index (χ0v) is 10.2. The van der Waals surface area contributed by atoms with Crippen LogP contribution in [0.1, 0.15) is 31.2 Å². The Morgan fingerprint density at radius 3 is 2.47 bits per heavy atom. The molecule has 0 aromatic heterocycles. The van der Waals surface area contributed by atoms with Gasteiger partial charge >= 0.3 is 0 Å². The van der Waals surface area contributed by atoms with E-state index in [4.69, 9.17) is 0 Å². The second-order valence-electron chi connectivity index (χ2n) is 5.75. The molecule has 2 bridgehead atoms. The minimum Gasteiger partial charge on any atom is -0.303 e. The Balaban J connectivity index is 1.75. The number of hydrogen-bond donors (Lipinski definition) is 0. The second-order valence-corrected chi connectivity index (χ2v) is 5.75. The maximum absolute atomic E-state index is 10.8. The summed E-state index contributed by atoms with van der Waals surface area (Å²) in [5.41, 5.74) is 1.45. The highest BCUT2D eigenvalue weighted by atomic mass is 16.1. The summed E-state index contributed by atoms with van der Waals surface area (Å²) in [7, 11) is 0. The molecule has 2 saturated carbocycles. The fourth-order valence-corrected chi connectivity index (χ4v) is 4.21. The van der Waals surface area contributed by atoms with Crippen LogP contribution in [0.4, 0.5) is 0 Å². The Morgan fingerprint density at radius 1 is 1.06 bits per heavy atom. The van der Waals surface area contributed by atoms with Gasteiger partial charge in [-0.1, -0.05) is 30.3 Å². The summed E-state index contributed by atoms with van der Waals surface area (Å²) < 4.78 is 0. The topological polar surface area (TPSA) is 17.1 Å². The lowest BCUT2D eigenvalue weighted by Gasteiger charge is -2.30. The van der Waals surface area contributed by atoms with E-state index in [9.17, 15) is 4.79 Å². The van der Waals surface area contributed by atoms with Crippen LogP contribution in [0.25, 0.3) is 0 Å². The molecule has 0 saturated heterocycles. The average molecular weight is 228 g/mol. The van der Waals surface area contributed by atoms with Crippen molar-refractivity contribution in [3.05, 3.63) is 35.9 Å². The van der Waals surface area contributed by atoms with E-state index in [1.165, 1.54) is 31.2 Å². The smallest absolute Gasteiger partial charge is 0.120 e. The molecule has 0 N–H and O–H groups in total. The molecule has 1 heteroatoms. The van der Waals surface area contributed by atoms with Crippen molar-refractivity contribution in [1.82, 2.24) is 0 Å². The fraction of sp³-hybridized carbons (Fsp3) is 0.562. The Hall–Kier alpha value is -1.11. The highest BCUT2D eigenvalue weighted by Gasteiger charge is 2.46. The number of fused-ring (bicyclic) bond motifs is 2. The van der Waals surface area contributed by atoms with E-state index in [1.807, 2.05) is 0 Å². The molecule has 3 rings (SSSR count). The van der Waals surface area contributed by atoms with Gasteiger partial charge < -0.3 is 4.79 Å². The highest BCUT2D eigenvalue weighted by molar-refractivity contribution is 5.50. The molecule has 2 aliphatic carbocycles. The Bertz CT molecular complexity index is 384. The summed E-state index contributed by atoms with van der Waals surface area (Å²) in [5.74, 6) is 3.18. The van der Waals surface area contributed by atoms with E-state index >= 15 is 0 Å². The predicted octanol–water partition coefficient (Wildman–Crippen LogP) is 3.48. The lowest BCUT2D eigenvalue weighted by molar-refractivity contribution is -0.109. The summed E-state index contributed by atoms with van der Waals surface area (Å²) in [6.07, 6.45) is 7.27. The van der Waals surface area contributed by atoms with Gasteiger partial charge in [0, 0.05) is 6.42 Å². The maximum atomic E-state index is 10.8. The minimum absolute atomic E-state index is 0.673. The summed E-state index contributed by atoms with van der Waals surface area (Å²) >= 11 is 0. The Labute approximate surface area is 103 Å². The summed E-state index contributed by atoms with van der Waals surface area (Å²) in [4.78, 5) is 10.8. The molecule has 90 valence electrons. The van der Waals surface area contributed by atoms with Crippen molar-refractivity contribution in [2.75, 3.05) is 0 Å². The van der Waals surface area contributed by atoms with Crippen LogP contribution in [0.2, 0.25) is 0 Å². The van der Waals surface area contributed by atoms with E-state index in [1.54, 1.807) is 0 Å². The molecule has 0 spiro atoms. The molecular formula is C16H20O. The van der Waals surface area contributed by atoms with Gasteiger partial charge in [-0.25, -0.2) is 0 Å². The van der Waals surface area contributed by atoms with Gasteiger partial charge in [0.2, 0.25) is 0 Å². The quantitative estimate of drug-likeness (QED) is 0.721. The fourth-order valence-electron chi connectivity index (χ4n) is 4.21. The van der Waals surface area contributed by atoms with Crippen LogP contribution in [0.3, 0.4) is 0 Å². The van der Waals surface area contributed by atoms with Crippen LogP contribution in [-0.2, 0) is 11.2 Å². The maximum Gasteiger partial charge on any atom is 0.120 e. The van der Waals surface area contributed by atoms with Crippen LogP contribution >= 0.6 is 0 Å². The normalized spacial score (nSPS) is 35.1. The van der Waals surface area contributed by atoms with Gasteiger partial charge in [-0.2, -0.15) is 0 Å². The molecule has 1 nitrogen and oxygen atoms in total. The van der Waals surface area contributed by atoms with Crippen molar-refractivity contribution in [3.63, 3.8) is 0 Å². The van der Waals surface area contributed by atoms with Crippen molar-refractivity contribution in [2.45, 2.75) is 32.1 Å². The van der Waals surface area contributed by atoms with Gasteiger partial charge in [0.1, 0.15) is 6.29 Å². The van der Waals surface area contributed by atoms with E-state index in [0.717, 1.165) is 30.5 Å². The van der Waals surface area contributed by atoms with Crippen molar-refractivity contribution in [1.29, 1.82) is 0 Å². The van der Waals surface area contributed by atoms with Crippen LogP contribution in [0.5, 0.6) is 0 Å². The van der Waals surface area contributed by atoms with Crippen LogP contribution in [0, 0.1) is 23.7 Å². The number of rotatable bonds is 4. The predicted molar refractivity (Wildman–Crippen MR) is 68.6 cm³/mol. The van der Waals surface area contributed by atoms with Gasteiger partial charge in [0.05, 0.1) is 0 Å². The summed E-state index contributed by atoms with van der Waals surface area (Å²) in [6.45, 7) is 0. The zero-order valence-electron chi connectivity index (χ0n) is 10.2. The van der Waals surface area contributed by atoms with E-state index in [2.05, 4.69) is 30.3 Å². The Kier molecular flexibility index (Phi) is 3.00. The second kappa shape index (κ2) is 4.64. The van der Waals surface area contributed by atoms with Crippen molar-refractivity contribution in [3.8, 4) is 0 Å². The minimum atomic E-state index is 0.673. The molecule has 0 amide bonds. The molecule has 0 unspecified atom stereocenters. The van der Waals surface area contributed by atoms with Gasteiger partial charge in [0.25, 0.3) is 0 Å². The van der Waals surface area contributed by atoms with Crippen LogP contribution in [-0.4, -0.2) is 6.29 Å². The number of benzene rings is 1. The van der Waals surface area contributed by atoms with Gasteiger partial charge in [0.15, 0.2) is 0 Å². The highest BCUT2D eigenvalue weighted by Crippen LogP contribution is 2.54. The Morgan fingerprint density at radius 2 is 1.76 bits per heavy atom. The first-order chi connectivity index (χ1) is 8.38. The molecule has 0 radical (unpaired) electrons. The number of hydrogen-bond acceptors (Lipinski definition) is 1. The molecule has 0 aliphatic heterocycles. The first-order valence-corrected chi connectivity index (χ1v) is 6.86. The third-order valence-corrected chi connectivity index (χ3v) is 4.96. The SMILES string of the molecule is O=CC[C@H]1[C@@H]2CC[C@@H](C2)[C@@H]1Cc1ccccc1. The zero-order chi connectivity index (χ0) is 11.7. The van der Waals surface area contributed by atoms with Crippen molar-refractivity contribution < 1.29 is 4.79 Å². The average Bonchev–Trinajstić information content (AvgIpc) is 2.94. The molecule has 17 heavy (non-hydrogen) atoms. The first kappa shape index (κ1) is 11.0. The summed E-state index contributed by atoms with van der Waals surface area (Å²) in [5, 5.41) is 0. The molecule has 2 aliphatic rings. The standard InChI is InChI=1S/C16H20O/c17-9-8-15-13-6-7-14(11-13)16(15)10-12-4-2-1-3-5-12/h1-5,9,13-16H,6-8,10-11H2/t13-,14+,15+,16+/m1/s1. The third kappa shape index (κ3) is 2.03. The number of aldehydes is 1.